The minimum atomic E-state index is -0.761. The Morgan fingerprint density at radius 3 is 3.19 bits per heavy atom. The van der Waals surface area contributed by atoms with E-state index < -0.39 is 11.9 Å². The Hall–Kier alpha value is -1.89. The number of thiazole rings is 1. The number of hydrogen-bond acceptors (Lipinski definition) is 5. The van der Waals surface area contributed by atoms with Crippen molar-refractivity contribution in [2.45, 2.75) is 31.6 Å². The molecular weight excluding hydrogens is 288 g/mol. The maximum atomic E-state index is 11.3. The molecule has 0 fully saturated rings. The number of carboxylic acid groups (broad SMARTS) is 1. The lowest BCUT2D eigenvalue weighted by Gasteiger charge is -2.16. The molecule has 0 spiro atoms. The number of hydrogen-bond donors (Lipinski definition) is 2. The standard InChI is InChI=1S/C14H18N4O2S/c1-18-9(6-8-16-18)5-7-15-14-17-12-10(13(19)20)3-2-4-11(12)21-14/h6,8,10H,2-5,7H2,1H3,(H,15,17)(H,19,20). The Kier molecular flexibility index (Phi) is 3.92. The van der Waals surface area contributed by atoms with E-state index in [1.54, 1.807) is 17.5 Å². The van der Waals surface area contributed by atoms with Gasteiger partial charge in [-0.15, -0.1) is 11.3 Å². The lowest BCUT2D eigenvalue weighted by molar-refractivity contribution is -0.139. The number of anilines is 1. The van der Waals surface area contributed by atoms with E-state index in [0.29, 0.717) is 6.42 Å². The highest BCUT2D eigenvalue weighted by molar-refractivity contribution is 7.15. The van der Waals surface area contributed by atoms with E-state index in [9.17, 15) is 9.90 Å². The zero-order valence-electron chi connectivity index (χ0n) is 11.9. The van der Waals surface area contributed by atoms with E-state index in [-0.39, 0.29) is 0 Å². The zero-order valence-corrected chi connectivity index (χ0v) is 12.7. The van der Waals surface area contributed by atoms with Gasteiger partial charge in [-0.25, -0.2) is 4.98 Å². The Morgan fingerprint density at radius 2 is 2.48 bits per heavy atom. The van der Waals surface area contributed by atoms with Crippen molar-refractivity contribution < 1.29 is 9.90 Å². The van der Waals surface area contributed by atoms with Gasteiger partial charge in [0.2, 0.25) is 0 Å². The molecule has 2 heterocycles. The minimum absolute atomic E-state index is 0.433. The van der Waals surface area contributed by atoms with Crippen LogP contribution in [0.4, 0.5) is 5.13 Å². The summed E-state index contributed by atoms with van der Waals surface area (Å²) < 4.78 is 1.86. The van der Waals surface area contributed by atoms with Crippen LogP contribution in [-0.4, -0.2) is 32.4 Å². The number of rotatable bonds is 5. The number of nitrogens with zero attached hydrogens (tertiary/aromatic N) is 3. The molecule has 3 rings (SSSR count). The van der Waals surface area contributed by atoms with E-state index in [0.717, 1.165) is 47.2 Å². The molecule has 0 saturated carbocycles. The van der Waals surface area contributed by atoms with Gasteiger partial charge in [-0.05, 0) is 25.3 Å². The molecule has 1 aliphatic rings. The van der Waals surface area contributed by atoms with Crippen molar-refractivity contribution in [1.29, 1.82) is 0 Å². The average molecular weight is 306 g/mol. The fraction of sp³-hybridized carbons (Fsp3) is 0.500. The first-order valence-corrected chi connectivity index (χ1v) is 7.90. The molecule has 1 atom stereocenters. The Balaban J connectivity index is 1.65. The lowest BCUT2D eigenvalue weighted by atomic mass is 9.91. The van der Waals surface area contributed by atoms with Crippen LogP contribution in [0.2, 0.25) is 0 Å². The first-order valence-electron chi connectivity index (χ1n) is 7.08. The Labute approximate surface area is 126 Å². The molecule has 0 aliphatic heterocycles. The van der Waals surface area contributed by atoms with Crippen LogP contribution in [0.15, 0.2) is 12.3 Å². The molecule has 1 aliphatic carbocycles. The van der Waals surface area contributed by atoms with Gasteiger partial charge in [-0.3, -0.25) is 9.48 Å². The first-order chi connectivity index (χ1) is 10.1. The number of nitrogens with one attached hydrogen (secondary N) is 1. The molecule has 21 heavy (non-hydrogen) atoms. The molecule has 0 saturated heterocycles. The summed E-state index contributed by atoms with van der Waals surface area (Å²) in [5.41, 5.74) is 1.93. The van der Waals surface area contributed by atoms with Crippen molar-refractivity contribution in [2.75, 3.05) is 11.9 Å². The molecule has 6 nitrogen and oxygen atoms in total. The van der Waals surface area contributed by atoms with E-state index in [1.165, 1.54) is 0 Å². The van der Waals surface area contributed by atoms with Gasteiger partial charge in [0.1, 0.15) is 5.92 Å². The highest BCUT2D eigenvalue weighted by atomic mass is 32.1. The topological polar surface area (TPSA) is 80.0 Å². The maximum absolute atomic E-state index is 11.3. The van der Waals surface area contributed by atoms with E-state index in [4.69, 9.17) is 0 Å². The second-order valence-corrected chi connectivity index (χ2v) is 6.32. The monoisotopic (exact) mass is 306 g/mol. The second-order valence-electron chi connectivity index (χ2n) is 5.23. The first kappa shape index (κ1) is 14.1. The van der Waals surface area contributed by atoms with Crippen LogP contribution in [0.25, 0.3) is 0 Å². The van der Waals surface area contributed by atoms with Crippen molar-refractivity contribution in [3.8, 4) is 0 Å². The molecule has 0 bridgehead atoms. The van der Waals surface area contributed by atoms with Crippen LogP contribution in [0, 0.1) is 0 Å². The van der Waals surface area contributed by atoms with E-state index >= 15 is 0 Å². The van der Waals surface area contributed by atoms with Crippen molar-refractivity contribution in [2.24, 2.45) is 7.05 Å². The quantitative estimate of drug-likeness (QED) is 0.883. The summed E-state index contributed by atoms with van der Waals surface area (Å²) in [5.74, 6) is -1.19. The third kappa shape index (κ3) is 2.92. The fourth-order valence-electron chi connectivity index (χ4n) is 2.68. The summed E-state index contributed by atoms with van der Waals surface area (Å²) in [4.78, 5) is 16.9. The highest BCUT2D eigenvalue weighted by Crippen LogP contribution is 2.36. The summed E-state index contributed by atoms with van der Waals surface area (Å²) in [7, 11) is 1.93. The molecule has 2 aromatic rings. The third-order valence-corrected chi connectivity index (χ3v) is 4.92. The highest BCUT2D eigenvalue weighted by Gasteiger charge is 2.29. The number of carboxylic acids is 1. The number of aliphatic carboxylic acids is 1. The van der Waals surface area contributed by atoms with Crippen LogP contribution < -0.4 is 5.32 Å². The molecule has 1 unspecified atom stereocenters. The molecule has 2 N–H and O–H groups in total. The molecular formula is C14H18N4O2S. The Morgan fingerprint density at radius 1 is 1.62 bits per heavy atom. The van der Waals surface area contributed by atoms with Gasteiger partial charge >= 0.3 is 5.97 Å². The van der Waals surface area contributed by atoms with Crippen molar-refractivity contribution in [3.05, 3.63) is 28.5 Å². The van der Waals surface area contributed by atoms with Gasteiger partial charge in [0.25, 0.3) is 0 Å². The van der Waals surface area contributed by atoms with Crippen molar-refractivity contribution in [3.63, 3.8) is 0 Å². The summed E-state index contributed by atoms with van der Waals surface area (Å²) in [6.07, 6.45) is 5.22. The minimum Gasteiger partial charge on any atom is -0.481 e. The summed E-state index contributed by atoms with van der Waals surface area (Å²) in [5, 5.41) is 17.5. The van der Waals surface area contributed by atoms with Crippen LogP contribution in [0.3, 0.4) is 0 Å². The smallest absolute Gasteiger partial charge is 0.312 e. The van der Waals surface area contributed by atoms with E-state index in [1.807, 2.05) is 17.8 Å². The van der Waals surface area contributed by atoms with Gasteiger partial charge in [0.15, 0.2) is 5.13 Å². The fourth-order valence-corrected chi connectivity index (χ4v) is 3.77. The van der Waals surface area contributed by atoms with Gasteiger partial charge < -0.3 is 10.4 Å². The average Bonchev–Trinajstić information content (AvgIpc) is 3.04. The van der Waals surface area contributed by atoms with Gasteiger partial charge in [0.05, 0.1) is 5.69 Å². The van der Waals surface area contributed by atoms with E-state index in [2.05, 4.69) is 15.4 Å². The normalized spacial score (nSPS) is 17.5. The number of fused-ring (bicyclic) bond motifs is 1. The lowest BCUT2D eigenvalue weighted by Crippen LogP contribution is -2.17. The molecule has 0 amide bonds. The SMILES string of the molecule is Cn1nccc1CCNc1nc2c(s1)CCCC2C(=O)O. The van der Waals surface area contributed by atoms with Crippen molar-refractivity contribution >= 4 is 22.4 Å². The molecule has 7 heteroatoms. The van der Waals surface area contributed by atoms with Gasteiger partial charge in [0, 0.05) is 36.8 Å². The largest absolute Gasteiger partial charge is 0.481 e. The summed E-state index contributed by atoms with van der Waals surface area (Å²) in [6.45, 7) is 0.768. The van der Waals surface area contributed by atoms with Crippen LogP contribution in [0.5, 0.6) is 0 Å². The molecule has 0 radical (unpaired) electrons. The predicted octanol–water partition coefficient (Wildman–Crippen LogP) is 2.04. The third-order valence-electron chi connectivity index (χ3n) is 3.83. The zero-order chi connectivity index (χ0) is 14.8. The Bertz CT molecular complexity index is 649. The van der Waals surface area contributed by atoms with Gasteiger partial charge in [-0.1, -0.05) is 0 Å². The summed E-state index contributed by atoms with van der Waals surface area (Å²) in [6, 6.07) is 2.00. The number of carbonyl (C=O) groups is 1. The van der Waals surface area contributed by atoms with Crippen LogP contribution >= 0.6 is 11.3 Å². The predicted molar refractivity (Wildman–Crippen MR) is 80.8 cm³/mol. The molecule has 2 aromatic heterocycles. The number of aryl methyl sites for hydroxylation is 2. The number of aromatic nitrogens is 3. The van der Waals surface area contributed by atoms with Crippen LogP contribution in [0.1, 0.15) is 35.0 Å². The van der Waals surface area contributed by atoms with Gasteiger partial charge in [-0.2, -0.15) is 5.10 Å². The van der Waals surface area contributed by atoms with Crippen LogP contribution in [-0.2, 0) is 24.7 Å². The van der Waals surface area contributed by atoms with Crippen molar-refractivity contribution in [1.82, 2.24) is 14.8 Å². The molecule has 112 valence electrons. The maximum Gasteiger partial charge on any atom is 0.312 e. The second kappa shape index (κ2) is 5.85. The molecule has 0 aromatic carbocycles. The summed E-state index contributed by atoms with van der Waals surface area (Å²) >= 11 is 1.59.